The molecule has 1 heterocycles. The molecule has 5 nitrogen and oxygen atoms in total. The molecule has 0 spiro atoms. The van der Waals surface area contributed by atoms with Gasteiger partial charge in [-0.25, -0.2) is 4.79 Å². The number of halogens is 3. The number of alkyl halides is 3. The highest BCUT2D eigenvalue weighted by Crippen LogP contribution is 2.41. The maximum Gasteiger partial charge on any atom is 0.419 e. The predicted octanol–water partition coefficient (Wildman–Crippen LogP) is 5.00. The second-order valence-corrected chi connectivity index (χ2v) is 9.21. The van der Waals surface area contributed by atoms with Crippen molar-refractivity contribution in [2.24, 2.45) is 0 Å². The Bertz CT molecular complexity index is 1210. The first kappa shape index (κ1) is 25.7. The molecule has 0 saturated carbocycles. The summed E-state index contributed by atoms with van der Waals surface area (Å²) >= 11 is 0. The number of carbonyl (C=O) groups is 1. The van der Waals surface area contributed by atoms with Crippen molar-refractivity contribution in [3.05, 3.63) is 89.0 Å². The average molecular weight is 500 g/mol. The second kappa shape index (κ2) is 10.7. The van der Waals surface area contributed by atoms with Crippen molar-refractivity contribution in [3.8, 4) is 11.5 Å². The minimum atomic E-state index is -4.60. The normalized spacial score (nSPS) is 17.8. The van der Waals surface area contributed by atoms with Crippen LogP contribution in [-0.2, 0) is 23.8 Å². The van der Waals surface area contributed by atoms with E-state index in [4.69, 9.17) is 4.74 Å². The van der Waals surface area contributed by atoms with Crippen LogP contribution in [0.3, 0.4) is 0 Å². The molecule has 36 heavy (non-hydrogen) atoms. The summed E-state index contributed by atoms with van der Waals surface area (Å²) in [5, 5.41) is 15.1. The predicted molar refractivity (Wildman–Crippen MR) is 131 cm³/mol. The molecule has 8 heteroatoms. The molecule has 0 bridgehead atoms. The number of carbonyl (C=O) groups excluding carboxylic acids is 1. The smallest absolute Gasteiger partial charge is 0.419 e. The first-order valence-electron chi connectivity index (χ1n) is 12.0. The van der Waals surface area contributed by atoms with E-state index in [9.17, 15) is 23.1 Å². The molecular formula is C28H30F3N2O3+. The Balaban J connectivity index is 1.51. The van der Waals surface area contributed by atoms with Crippen LogP contribution in [0.2, 0.25) is 0 Å². The minimum absolute atomic E-state index is 0.0212. The molecular weight excluding hydrogens is 469 g/mol. The highest BCUT2D eigenvalue weighted by Gasteiger charge is 2.36. The molecule has 3 unspecified atom stereocenters. The molecule has 0 saturated heterocycles. The Morgan fingerprint density at radius 3 is 2.44 bits per heavy atom. The third-order valence-corrected chi connectivity index (χ3v) is 6.49. The zero-order chi connectivity index (χ0) is 25.9. The standard InChI is InChI=1S/C28H29F3N2O3/c1-3-20(32-17(2)34)14-18-8-11-21(12-9-18)36-26-13-10-19(16-24(26)28(29,30)31)15-23-22-6-4-5-7-25(22)33-27(23)35/h4-13,16,20,23,27,33,35H,3,14-15H2,1-2H3,(H,32,34)/p+1. The topological polar surface area (TPSA) is 75.2 Å². The van der Waals surface area contributed by atoms with Crippen LogP contribution in [-0.4, -0.2) is 23.3 Å². The van der Waals surface area contributed by atoms with Crippen LogP contribution in [0.1, 0.15) is 48.4 Å². The Hall–Kier alpha value is -3.36. The lowest BCUT2D eigenvalue weighted by Crippen LogP contribution is -2.93. The number of nitrogens with two attached hydrogens (primary N) is 1. The summed E-state index contributed by atoms with van der Waals surface area (Å²) in [6.07, 6.45) is -3.74. The summed E-state index contributed by atoms with van der Waals surface area (Å²) in [5.74, 6) is -0.313. The quantitative estimate of drug-likeness (QED) is 0.408. The van der Waals surface area contributed by atoms with Crippen molar-refractivity contribution < 1.29 is 33.1 Å². The zero-order valence-electron chi connectivity index (χ0n) is 20.2. The maximum absolute atomic E-state index is 13.9. The number of quaternary nitrogens is 1. The van der Waals surface area contributed by atoms with Crippen molar-refractivity contribution in [1.82, 2.24) is 0 Å². The van der Waals surface area contributed by atoms with E-state index in [-0.39, 0.29) is 30.0 Å². The van der Waals surface area contributed by atoms with Gasteiger partial charge in [0.15, 0.2) is 0 Å². The minimum Gasteiger partial charge on any atom is -0.457 e. The number of rotatable bonds is 8. The Kier molecular flexibility index (Phi) is 7.66. The first-order chi connectivity index (χ1) is 17.1. The number of aliphatic hydroxyl groups excluding tert-OH is 1. The van der Waals surface area contributed by atoms with Crippen LogP contribution in [0.4, 0.5) is 18.9 Å². The Labute approximate surface area is 208 Å². The maximum atomic E-state index is 13.9. The number of primary amides is 1. The van der Waals surface area contributed by atoms with Gasteiger partial charge in [0.05, 0.1) is 18.5 Å². The molecule has 3 atom stereocenters. The van der Waals surface area contributed by atoms with Crippen molar-refractivity contribution in [1.29, 1.82) is 0 Å². The number of amides is 1. The summed E-state index contributed by atoms with van der Waals surface area (Å²) in [6, 6.07) is 18.4. The highest BCUT2D eigenvalue weighted by atomic mass is 19.4. The summed E-state index contributed by atoms with van der Waals surface area (Å²) in [5.41, 5.74) is 2.24. The summed E-state index contributed by atoms with van der Waals surface area (Å²) in [6.45, 7) is 3.53. The molecule has 0 radical (unpaired) electrons. The number of aliphatic hydroxyl groups is 1. The highest BCUT2D eigenvalue weighted by molar-refractivity contribution is 5.61. The molecule has 1 aliphatic heterocycles. The second-order valence-electron chi connectivity index (χ2n) is 9.21. The van der Waals surface area contributed by atoms with Crippen molar-refractivity contribution >= 4 is 11.6 Å². The first-order valence-corrected chi connectivity index (χ1v) is 12.0. The lowest BCUT2D eigenvalue weighted by molar-refractivity contribution is -0.604. The molecule has 1 amide bonds. The van der Waals surface area contributed by atoms with E-state index in [1.165, 1.54) is 13.0 Å². The fourth-order valence-corrected chi connectivity index (χ4v) is 4.65. The van der Waals surface area contributed by atoms with Gasteiger partial charge in [-0.3, -0.25) is 5.32 Å². The van der Waals surface area contributed by atoms with Gasteiger partial charge < -0.3 is 15.2 Å². The van der Waals surface area contributed by atoms with Crippen LogP contribution >= 0.6 is 0 Å². The molecule has 3 aromatic rings. The van der Waals surface area contributed by atoms with Crippen molar-refractivity contribution in [3.63, 3.8) is 0 Å². The number of para-hydroxylation sites is 1. The van der Waals surface area contributed by atoms with Crippen molar-refractivity contribution in [2.75, 3.05) is 5.32 Å². The van der Waals surface area contributed by atoms with Crippen LogP contribution < -0.4 is 15.4 Å². The SMILES string of the molecule is CCC(Cc1ccc(Oc2ccc(CC3c4ccccc4NC3O)cc2C(F)(F)F)cc1)[NH2+]C(C)=O. The van der Waals surface area contributed by atoms with Gasteiger partial charge in [-0.1, -0.05) is 43.3 Å². The number of hydrogen-bond donors (Lipinski definition) is 3. The third-order valence-electron chi connectivity index (χ3n) is 6.49. The largest absolute Gasteiger partial charge is 0.457 e. The Morgan fingerprint density at radius 1 is 1.08 bits per heavy atom. The molecule has 0 aliphatic carbocycles. The van der Waals surface area contributed by atoms with E-state index in [0.29, 0.717) is 17.7 Å². The van der Waals surface area contributed by atoms with Gasteiger partial charge in [0.25, 0.3) is 0 Å². The average Bonchev–Trinajstić information content (AvgIpc) is 3.14. The fraction of sp³-hybridized carbons (Fsp3) is 0.321. The number of hydrogen-bond acceptors (Lipinski definition) is 4. The number of nitrogens with one attached hydrogen (secondary N) is 1. The van der Waals surface area contributed by atoms with Crippen LogP contribution in [0, 0.1) is 0 Å². The van der Waals surface area contributed by atoms with Crippen LogP contribution in [0.15, 0.2) is 66.7 Å². The molecule has 0 fully saturated rings. The van der Waals surface area contributed by atoms with E-state index >= 15 is 0 Å². The lowest BCUT2D eigenvalue weighted by atomic mass is 9.91. The van der Waals surface area contributed by atoms with Crippen molar-refractivity contribution in [2.45, 2.75) is 57.5 Å². The number of benzene rings is 3. The fourth-order valence-electron chi connectivity index (χ4n) is 4.65. The van der Waals surface area contributed by atoms with E-state index in [1.54, 1.807) is 35.6 Å². The van der Waals surface area contributed by atoms with Gasteiger partial charge >= 0.3 is 12.1 Å². The molecule has 4 N–H and O–H groups in total. The van der Waals surface area contributed by atoms with E-state index < -0.39 is 18.0 Å². The molecule has 4 rings (SSSR count). The summed E-state index contributed by atoms with van der Waals surface area (Å²) in [7, 11) is 0. The summed E-state index contributed by atoms with van der Waals surface area (Å²) in [4.78, 5) is 11.4. The Morgan fingerprint density at radius 2 is 1.78 bits per heavy atom. The third kappa shape index (κ3) is 6.06. The van der Waals surface area contributed by atoms with Gasteiger partial charge in [0.2, 0.25) is 0 Å². The zero-order valence-corrected chi connectivity index (χ0v) is 20.2. The van der Waals surface area contributed by atoms with Gasteiger partial charge in [0, 0.05) is 18.0 Å². The van der Waals surface area contributed by atoms with Gasteiger partial charge in [0.1, 0.15) is 17.7 Å². The number of anilines is 1. The number of fused-ring (bicyclic) bond motifs is 1. The van der Waals surface area contributed by atoms with Crippen LogP contribution in [0.25, 0.3) is 0 Å². The van der Waals surface area contributed by atoms with Gasteiger partial charge in [-0.05, 0) is 59.9 Å². The monoisotopic (exact) mass is 499 g/mol. The van der Waals surface area contributed by atoms with E-state index in [2.05, 4.69) is 5.32 Å². The summed E-state index contributed by atoms with van der Waals surface area (Å²) < 4.78 is 47.5. The number of ether oxygens (including phenoxy) is 1. The van der Waals surface area contributed by atoms with Gasteiger partial charge in [-0.2, -0.15) is 13.2 Å². The van der Waals surface area contributed by atoms with E-state index in [0.717, 1.165) is 29.3 Å². The molecule has 1 aliphatic rings. The van der Waals surface area contributed by atoms with Crippen LogP contribution in [0.5, 0.6) is 11.5 Å². The lowest BCUT2D eigenvalue weighted by Gasteiger charge is -2.18. The molecule has 3 aromatic carbocycles. The molecule has 190 valence electrons. The van der Waals surface area contributed by atoms with E-state index in [1.807, 2.05) is 31.2 Å². The van der Waals surface area contributed by atoms with Gasteiger partial charge in [-0.15, -0.1) is 0 Å². The molecule has 0 aromatic heterocycles.